The van der Waals surface area contributed by atoms with Gasteiger partial charge >= 0.3 is 0 Å². The fraction of sp³-hybridized carbons (Fsp3) is 0.609. The van der Waals surface area contributed by atoms with Crippen molar-refractivity contribution in [3.8, 4) is 0 Å². The van der Waals surface area contributed by atoms with Gasteiger partial charge in [-0.15, -0.1) is 6.58 Å². The van der Waals surface area contributed by atoms with Crippen LogP contribution in [0.1, 0.15) is 37.7 Å². The fourth-order valence-corrected chi connectivity index (χ4v) is 4.58. The molecule has 2 heterocycles. The molecule has 28 heavy (non-hydrogen) atoms. The van der Waals surface area contributed by atoms with E-state index in [1.54, 1.807) is 7.11 Å². The van der Waals surface area contributed by atoms with Crippen LogP contribution in [0, 0.1) is 0 Å². The van der Waals surface area contributed by atoms with Gasteiger partial charge in [0.2, 0.25) is 0 Å². The van der Waals surface area contributed by atoms with Gasteiger partial charge in [-0.1, -0.05) is 36.4 Å². The first-order chi connectivity index (χ1) is 13.5. The molecule has 2 aliphatic heterocycles. The van der Waals surface area contributed by atoms with Gasteiger partial charge in [0.05, 0.1) is 5.60 Å². The van der Waals surface area contributed by atoms with E-state index in [4.69, 9.17) is 4.74 Å². The van der Waals surface area contributed by atoms with Crippen molar-refractivity contribution in [2.45, 2.75) is 49.7 Å². The third-order valence-electron chi connectivity index (χ3n) is 6.42. The number of benzene rings is 1. The molecule has 0 bridgehead atoms. The Hall–Kier alpha value is -1.69. The molecule has 0 aliphatic carbocycles. The number of carbonyl (C=O) groups excluding carboxylic acids is 1. The van der Waals surface area contributed by atoms with Crippen LogP contribution in [0.4, 0.5) is 0 Å². The van der Waals surface area contributed by atoms with Crippen molar-refractivity contribution >= 4 is 5.91 Å². The highest BCUT2D eigenvalue weighted by molar-refractivity contribution is 5.86. The molecule has 1 N–H and O–H groups in total. The van der Waals surface area contributed by atoms with E-state index in [9.17, 15) is 9.90 Å². The Morgan fingerprint density at radius 2 is 1.89 bits per heavy atom. The number of β-amino-alcohol motifs (C(OH)–C–C–N with tert-alkyl or cyclic N) is 1. The first-order valence-electron chi connectivity index (χ1n) is 10.4. The average molecular weight is 387 g/mol. The van der Waals surface area contributed by atoms with Crippen LogP contribution in [-0.2, 0) is 16.0 Å². The zero-order valence-electron chi connectivity index (χ0n) is 17.1. The monoisotopic (exact) mass is 386 g/mol. The standard InChI is InChI=1S/C23H34N2O3/c1-3-11-22(28-2)13-17-24(18-14-22)19-23(27)12-7-15-25(21(23)26)16-10-20-8-5-4-6-9-20/h3-6,8-9,27H,1,7,10-19H2,2H3/t23-/m1/s1. The molecule has 5 heteroatoms. The Bertz CT molecular complexity index is 655. The molecule has 154 valence electrons. The van der Waals surface area contributed by atoms with Gasteiger partial charge in [0.15, 0.2) is 5.60 Å². The molecule has 1 aromatic rings. The molecule has 2 saturated heterocycles. The summed E-state index contributed by atoms with van der Waals surface area (Å²) in [5.74, 6) is -0.107. The number of likely N-dealkylation sites (tertiary alicyclic amines) is 2. The summed E-state index contributed by atoms with van der Waals surface area (Å²) in [5.41, 5.74) is -0.182. The molecule has 1 atom stereocenters. The van der Waals surface area contributed by atoms with Crippen molar-refractivity contribution in [1.82, 2.24) is 9.80 Å². The van der Waals surface area contributed by atoms with Crippen LogP contribution in [0.3, 0.4) is 0 Å². The molecular weight excluding hydrogens is 352 g/mol. The second kappa shape index (κ2) is 9.21. The third-order valence-corrected chi connectivity index (χ3v) is 6.42. The van der Waals surface area contributed by atoms with E-state index < -0.39 is 5.60 Å². The van der Waals surface area contributed by atoms with Gasteiger partial charge in [-0.25, -0.2) is 0 Å². The molecule has 0 unspecified atom stereocenters. The van der Waals surface area contributed by atoms with E-state index >= 15 is 0 Å². The van der Waals surface area contributed by atoms with Crippen molar-refractivity contribution in [3.63, 3.8) is 0 Å². The van der Waals surface area contributed by atoms with Crippen LogP contribution in [0.25, 0.3) is 0 Å². The van der Waals surface area contributed by atoms with Gasteiger partial charge in [-0.3, -0.25) is 9.69 Å². The number of nitrogens with zero attached hydrogens (tertiary/aromatic N) is 2. The minimum absolute atomic E-state index is 0.107. The number of hydrogen-bond acceptors (Lipinski definition) is 4. The molecule has 2 aliphatic rings. The number of amides is 1. The van der Waals surface area contributed by atoms with Gasteiger partial charge in [0.25, 0.3) is 5.91 Å². The van der Waals surface area contributed by atoms with Gasteiger partial charge in [-0.2, -0.15) is 0 Å². The first-order valence-corrected chi connectivity index (χ1v) is 10.4. The summed E-state index contributed by atoms with van der Waals surface area (Å²) in [4.78, 5) is 17.1. The fourth-order valence-electron chi connectivity index (χ4n) is 4.58. The van der Waals surface area contributed by atoms with E-state index in [0.717, 1.165) is 51.7 Å². The van der Waals surface area contributed by atoms with E-state index in [1.165, 1.54) is 5.56 Å². The Kier molecular flexibility index (Phi) is 6.91. The average Bonchev–Trinajstić information content (AvgIpc) is 2.72. The third kappa shape index (κ3) is 4.83. The molecular formula is C23H34N2O3. The second-order valence-electron chi connectivity index (χ2n) is 8.32. The lowest BCUT2D eigenvalue weighted by Crippen LogP contribution is -2.60. The highest BCUT2D eigenvalue weighted by Crippen LogP contribution is 2.32. The van der Waals surface area contributed by atoms with Crippen molar-refractivity contribution in [1.29, 1.82) is 0 Å². The number of piperidine rings is 2. The van der Waals surface area contributed by atoms with Gasteiger partial charge < -0.3 is 14.7 Å². The first kappa shape index (κ1) is 21.0. The maximum absolute atomic E-state index is 13.0. The smallest absolute Gasteiger partial charge is 0.255 e. The zero-order chi connectivity index (χ0) is 20.0. The van der Waals surface area contributed by atoms with E-state index in [-0.39, 0.29) is 11.5 Å². The topological polar surface area (TPSA) is 53.0 Å². The normalized spacial score (nSPS) is 25.6. The molecule has 0 aromatic heterocycles. The zero-order valence-corrected chi connectivity index (χ0v) is 17.1. The van der Waals surface area contributed by atoms with Gasteiger partial charge in [0, 0.05) is 39.8 Å². The molecule has 2 fully saturated rings. The highest BCUT2D eigenvalue weighted by Gasteiger charge is 2.44. The number of carbonyl (C=O) groups is 1. The van der Waals surface area contributed by atoms with Crippen LogP contribution in [0.2, 0.25) is 0 Å². The molecule has 5 nitrogen and oxygen atoms in total. The number of aliphatic hydroxyl groups is 1. The second-order valence-corrected chi connectivity index (χ2v) is 8.32. The van der Waals surface area contributed by atoms with Crippen molar-refractivity contribution in [2.24, 2.45) is 0 Å². The maximum Gasteiger partial charge on any atom is 0.255 e. The van der Waals surface area contributed by atoms with E-state index in [1.807, 2.05) is 29.2 Å². The molecule has 0 saturated carbocycles. The summed E-state index contributed by atoms with van der Waals surface area (Å²) in [5, 5.41) is 11.2. The lowest BCUT2D eigenvalue weighted by molar-refractivity contribution is -0.161. The van der Waals surface area contributed by atoms with E-state index in [2.05, 4.69) is 23.6 Å². The predicted molar refractivity (Wildman–Crippen MR) is 111 cm³/mol. The lowest BCUT2D eigenvalue weighted by atomic mass is 9.85. The number of rotatable bonds is 8. The summed E-state index contributed by atoms with van der Waals surface area (Å²) in [6.07, 6.45) is 6.78. The molecule has 0 spiro atoms. The van der Waals surface area contributed by atoms with Crippen LogP contribution < -0.4 is 0 Å². The molecule has 0 radical (unpaired) electrons. The summed E-state index contributed by atoms with van der Waals surface area (Å²) in [6.45, 7) is 7.33. The van der Waals surface area contributed by atoms with Crippen LogP contribution in [-0.4, -0.2) is 71.8 Å². The summed E-state index contributed by atoms with van der Waals surface area (Å²) < 4.78 is 5.76. The molecule has 3 rings (SSSR count). The minimum atomic E-state index is -1.26. The maximum atomic E-state index is 13.0. The van der Waals surface area contributed by atoms with E-state index in [0.29, 0.717) is 19.5 Å². The van der Waals surface area contributed by atoms with Crippen LogP contribution >= 0.6 is 0 Å². The van der Waals surface area contributed by atoms with Crippen LogP contribution in [0.5, 0.6) is 0 Å². The minimum Gasteiger partial charge on any atom is -0.379 e. The molecule has 1 aromatic carbocycles. The van der Waals surface area contributed by atoms with Crippen LogP contribution in [0.15, 0.2) is 43.0 Å². The number of ether oxygens (including phenoxy) is 1. The SMILES string of the molecule is C=CCC1(OC)CCN(C[C@]2(O)CCCN(CCc3ccccc3)C2=O)CC1. The Labute approximate surface area is 169 Å². The Balaban J connectivity index is 1.56. The van der Waals surface area contributed by atoms with Gasteiger partial charge in [0.1, 0.15) is 0 Å². The summed E-state index contributed by atoms with van der Waals surface area (Å²) >= 11 is 0. The predicted octanol–water partition coefficient (Wildman–Crippen LogP) is 2.64. The number of methoxy groups -OCH3 is 1. The van der Waals surface area contributed by atoms with Crippen molar-refractivity contribution in [3.05, 3.63) is 48.6 Å². The van der Waals surface area contributed by atoms with Crippen molar-refractivity contribution in [2.75, 3.05) is 39.8 Å². The van der Waals surface area contributed by atoms with Gasteiger partial charge in [-0.05, 0) is 44.1 Å². The quantitative estimate of drug-likeness (QED) is 0.698. The number of hydrogen-bond donors (Lipinski definition) is 1. The molecule has 1 amide bonds. The summed E-state index contributed by atoms with van der Waals surface area (Å²) in [6, 6.07) is 10.2. The highest BCUT2D eigenvalue weighted by atomic mass is 16.5. The Morgan fingerprint density at radius 3 is 2.54 bits per heavy atom. The van der Waals surface area contributed by atoms with Crippen molar-refractivity contribution < 1.29 is 14.6 Å². The lowest BCUT2D eigenvalue weighted by Gasteiger charge is -2.45. The summed E-state index contributed by atoms with van der Waals surface area (Å²) in [7, 11) is 1.77. The Morgan fingerprint density at radius 1 is 1.18 bits per heavy atom. The largest absolute Gasteiger partial charge is 0.379 e.